The third kappa shape index (κ3) is 2.72. The molecule has 24 heavy (non-hydrogen) atoms. The molecule has 4 heterocycles. The molecule has 0 bridgehead atoms. The van der Waals surface area contributed by atoms with Crippen molar-refractivity contribution in [2.45, 2.75) is 13.1 Å². The highest BCUT2D eigenvalue weighted by atomic mass is 32.1. The van der Waals surface area contributed by atoms with E-state index in [9.17, 15) is 13.2 Å². The second kappa shape index (κ2) is 5.61. The molecule has 0 aromatic carbocycles. The number of alkyl halides is 3. The zero-order valence-electron chi connectivity index (χ0n) is 13.1. The van der Waals surface area contributed by atoms with Crippen LogP contribution in [0, 0.1) is 18.8 Å². The number of hydrogen-bond acceptors (Lipinski definition) is 5. The lowest BCUT2D eigenvalue weighted by molar-refractivity contribution is -0.137. The van der Waals surface area contributed by atoms with Gasteiger partial charge in [-0.3, -0.25) is 0 Å². The fraction of sp³-hybridized carbons (Fsp3) is 0.500. The molecular formula is C16H17F3N4S. The predicted molar refractivity (Wildman–Crippen MR) is 87.5 cm³/mol. The third-order valence-corrected chi connectivity index (χ3v) is 5.77. The molecule has 2 aromatic heterocycles. The first kappa shape index (κ1) is 15.7. The SMILES string of the molecule is Cc1csc(N2CC3CN(c4ncccc4C(F)(F)F)CC3C2)n1. The van der Waals surface area contributed by atoms with Gasteiger partial charge in [0.05, 0.1) is 11.3 Å². The van der Waals surface area contributed by atoms with Crippen molar-refractivity contribution in [2.75, 3.05) is 36.0 Å². The van der Waals surface area contributed by atoms with E-state index in [0.29, 0.717) is 24.9 Å². The normalized spacial score (nSPS) is 23.8. The Balaban J connectivity index is 1.50. The molecule has 2 saturated heterocycles. The average molecular weight is 354 g/mol. The first-order valence-corrected chi connectivity index (χ1v) is 8.74. The van der Waals surface area contributed by atoms with Gasteiger partial charge in [0, 0.05) is 49.6 Å². The smallest absolute Gasteiger partial charge is 0.355 e. The van der Waals surface area contributed by atoms with Crippen molar-refractivity contribution in [1.29, 1.82) is 0 Å². The number of anilines is 2. The molecule has 4 nitrogen and oxygen atoms in total. The fourth-order valence-electron chi connectivity index (χ4n) is 3.68. The topological polar surface area (TPSA) is 32.3 Å². The quantitative estimate of drug-likeness (QED) is 0.827. The Labute approximate surface area is 141 Å². The molecule has 0 saturated carbocycles. The lowest BCUT2D eigenvalue weighted by Gasteiger charge is -2.24. The summed E-state index contributed by atoms with van der Waals surface area (Å²) in [6, 6.07) is 2.46. The first-order chi connectivity index (χ1) is 11.4. The lowest BCUT2D eigenvalue weighted by atomic mass is 10.0. The molecule has 2 fully saturated rings. The summed E-state index contributed by atoms with van der Waals surface area (Å²) in [6.45, 7) is 4.90. The number of halogens is 3. The van der Waals surface area contributed by atoms with Crippen LogP contribution < -0.4 is 9.80 Å². The molecule has 2 atom stereocenters. The highest BCUT2D eigenvalue weighted by molar-refractivity contribution is 7.13. The van der Waals surface area contributed by atoms with Gasteiger partial charge in [-0.05, 0) is 19.1 Å². The summed E-state index contributed by atoms with van der Waals surface area (Å²) < 4.78 is 39.6. The molecule has 8 heteroatoms. The molecule has 2 unspecified atom stereocenters. The van der Waals surface area contributed by atoms with Crippen LogP contribution in [0.4, 0.5) is 24.1 Å². The van der Waals surface area contributed by atoms with E-state index in [1.165, 1.54) is 12.3 Å². The van der Waals surface area contributed by atoms with Crippen molar-refractivity contribution in [3.8, 4) is 0 Å². The van der Waals surface area contributed by atoms with E-state index in [0.717, 1.165) is 30.0 Å². The van der Waals surface area contributed by atoms with Crippen LogP contribution >= 0.6 is 11.3 Å². The maximum absolute atomic E-state index is 13.2. The number of rotatable bonds is 2. The summed E-state index contributed by atoms with van der Waals surface area (Å²) in [4.78, 5) is 12.6. The number of aryl methyl sites for hydroxylation is 1. The van der Waals surface area contributed by atoms with Gasteiger partial charge in [0.25, 0.3) is 0 Å². The van der Waals surface area contributed by atoms with E-state index < -0.39 is 11.7 Å². The number of pyridine rings is 1. The number of fused-ring (bicyclic) bond motifs is 1. The molecule has 2 aliphatic heterocycles. The molecule has 2 aliphatic rings. The maximum Gasteiger partial charge on any atom is 0.419 e. The lowest BCUT2D eigenvalue weighted by Crippen LogP contribution is -2.30. The van der Waals surface area contributed by atoms with Crippen LogP contribution in [0.2, 0.25) is 0 Å². The monoisotopic (exact) mass is 354 g/mol. The van der Waals surface area contributed by atoms with E-state index in [4.69, 9.17) is 0 Å². The minimum atomic E-state index is -4.37. The van der Waals surface area contributed by atoms with Crippen LogP contribution in [0.25, 0.3) is 0 Å². The number of aromatic nitrogens is 2. The van der Waals surface area contributed by atoms with E-state index >= 15 is 0 Å². The Morgan fingerprint density at radius 3 is 2.38 bits per heavy atom. The van der Waals surface area contributed by atoms with Gasteiger partial charge < -0.3 is 9.80 Å². The molecule has 0 amide bonds. The minimum Gasteiger partial charge on any atom is -0.355 e. The molecule has 2 aromatic rings. The minimum absolute atomic E-state index is 0.0658. The Morgan fingerprint density at radius 2 is 1.79 bits per heavy atom. The Kier molecular flexibility index (Phi) is 3.67. The van der Waals surface area contributed by atoms with E-state index in [1.54, 1.807) is 16.2 Å². The van der Waals surface area contributed by atoms with E-state index in [1.807, 2.05) is 12.3 Å². The van der Waals surface area contributed by atoms with Crippen molar-refractivity contribution in [3.05, 3.63) is 35.0 Å². The van der Waals surface area contributed by atoms with Gasteiger partial charge in [0.1, 0.15) is 5.82 Å². The van der Waals surface area contributed by atoms with Crippen molar-refractivity contribution >= 4 is 22.3 Å². The number of hydrogen-bond donors (Lipinski definition) is 0. The van der Waals surface area contributed by atoms with Gasteiger partial charge in [0.15, 0.2) is 5.13 Å². The summed E-state index contributed by atoms with van der Waals surface area (Å²) in [5.41, 5.74) is 0.370. The predicted octanol–water partition coefficient (Wildman–Crippen LogP) is 3.44. The highest BCUT2D eigenvalue weighted by Crippen LogP contribution is 2.40. The van der Waals surface area contributed by atoms with E-state index in [2.05, 4.69) is 14.9 Å². The van der Waals surface area contributed by atoms with Gasteiger partial charge in [0.2, 0.25) is 0 Å². The molecule has 0 aliphatic carbocycles. The summed E-state index contributed by atoms with van der Waals surface area (Å²) >= 11 is 1.63. The zero-order valence-corrected chi connectivity index (χ0v) is 13.9. The van der Waals surface area contributed by atoms with Gasteiger partial charge in [-0.25, -0.2) is 9.97 Å². The molecule has 0 spiro atoms. The standard InChI is InChI=1S/C16H17F3N4S/c1-10-9-24-15(21-10)23-7-11-5-22(6-12(11)8-23)14-13(16(17,18)19)3-2-4-20-14/h2-4,9,11-12H,5-8H2,1H3. The van der Waals surface area contributed by atoms with Crippen LogP contribution in [0.1, 0.15) is 11.3 Å². The molecule has 128 valence electrons. The molecule has 0 radical (unpaired) electrons. The Morgan fingerprint density at radius 1 is 1.12 bits per heavy atom. The fourth-order valence-corrected chi connectivity index (χ4v) is 4.50. The van der Waals surface area contributed by atoms with Crippen molar-refractivity contribution in [3.63, 3.8) is 0 Å². The van der Waals surface area contributed by atoms with Gasteiger partial charge in [-0.2, -0.15) is 13.2 Å². The van der Waals surface area contributed by atoms with Crippen LogP contribution in [0.3, 0.4) is 0 Å². The van der Waals surface area contributed by atoms with Gasteiger partial charge in [-0.1, -0.05) is 0 Å². The summed E-state index contributed by atoms with van der Waals surface area (Å²) in [5, 5.41) is 3.04. The van der Waals surface area contributed by atoms with Crippen molar-refractivity contribution in [1.82, 2.24) is 9.97 Å². The van der Waals surface area contributed by atoms with Crippen molar-refractivity contribution < 1.29 is 13.2 Å². The van der Waals surface area contributed by atoms with E-state index in [-0.39, 0.29) is 5.82 Å². The first-order valence-electron chi connectivity index (χ1n) is 7.86. The van der Waals surface area contributed by atoms with Crippen LogP contribution in [0.5, 0.6) is 0 Å². The molecule has 4 rings (SSSR count). The summed E-state index contributed by atoms with van der Waals surface area (Å²) in [7, 11) is 0. The van der Waals surface area contributed by atoms with Crippen LogP contribution in [-0.2, 0) is 6.18 Å². The summed E-state index contributed by atoms with van der Waals surface area (Å²) in [5.74, 6) is 0.783. The number of thiazole rings is 1. The van der Waals surface area contributed by atoms with Gasteiger partial charge >= 0.3 is 6.18 Å². The second-order valence-electron chi connectivity index (χ2n) is 6.47. The maximum atomic E-state index is 13.2. The Hall–Kier alpha value is -1.83. The van der Waals surface area contributed by atoms with Crippen molar-refractivity contribution in [2.24, 2.45) is 11.8 Å². The Bertz CT molecular complexity index is 731. The average Bonchev–Trinajstić information content (AvgIpc) is 3.19. The number of nitrogens with zero attached hydrogens (tertiary/aromatic N) is 4. The molecular weight excluding hydrogens is 337 g/mol. The third-order valence-electron chi connectivity index (χ3n) is 4.76. The molecule has 0 N–H and O–H groups in total. The van der Waals surface area contributed by atoms with Crippen LogP contribution in [-0.4, -0.2) is 36.1 Å². The second-order valence-corrected chi connectivity index (χ2v) is 7.31. The summed E-state index contributed by atoms with van der Waals surface area (Å²) in [6.07, 6.45) is -2.94. The largest absolute Gasteiger partial charge is 0.419 e. The highest BCUT2D eigenvalue weighted by Gasteiger charge is 2.44. The zero-order chi connectivity index (χ0) is 16.9. The van der Waals surface area contributed by atoms with Crippen LogP contribution in [0.15, 0.2) is 23.7 Å². The van der Waals surface area contributed by atoms with Gasteiger partial charge in [-0.15, -0.1) is 11.3 Å².